The smallest absolute Gasteiger partial charge is 0.200 e. The third-order valence-corrected chi connectivity index (χ3v) is 4.50. The van der Waals surface area contributed by atoms with Crippen LogP contribution in [-0.2, 0) is 4.57 Å². The van der Waals surface area contributed by atoms with Crippen LogP contribution in [0.2, 0.25) is 0 Å². The van der Waals surface area contributed by atoms with E-state index in [9.17, 15) is 9.46 Å². The lowest BCUT2D eigenvalue weighted by atomic mass is 10.2. The molecule has 0 aromatic carbocycles. The molecule has 0 aromatic rings. The second-order valence-corrected chi connectivity index (χ2v) is 6.65. The molecule has 0 saturated carbocycles. The van der Waals surface area contributed by atoms with E-state index < -0.39 is 7.37 Å². The zero-order valence-corrected chi connectivity index (χ0v) is 10.6. The van der Waals surface area contributed by atoms with Gasteiger partial charge in [-0.25, -0.2) is 0 Å². The van der Waals surface area contributed by atoms with Crippen molar-refractivity contribution in [1.29, 1.82) is 0 Å². The Morgan fingerprint density at radius 3 is 1.79 bits per heavy atom. The Morgan fingerprint density at radius 2 is 1.29 bits per heavy atom. The van der Waals surface area contributed by atoms with Crippen LogP contribution in [0.25, 0.3) is 0 Å². The van der Waals surface area contributed by atoms with Crippen molar-refractivity contribution < 1.29 is 9.46 Å². The van der Waals surface area contributed by atoms with Crippen molar-refractivity contribution in [2.45, 2.75) is 58.8 Å². The van der Waals surface area contributed by atoms with E-state index in [-0.39, 0.29) is 0 Å². The van der Waals surface area contributed by atoms with Gasteiger partial charge in [-0.2, -0.15) is 0 Å². The molecule has 0 aliphatic heterocycles. The van der Waals surface area contributed by atoms with Crippen LogP contribution >= 0.6 is 7.37 Å². The molecular weight excluding hydrogens is 195 g/mol. The maximum atomic E-state index is 11.6. The van der Waals surface area contributed by atoms with E-state index in [4.69, 9.17) is 0 Å². The van der Waals surface area contributed by atoms with Crippen molar-refractivity contribution in [3.63, 3.8) is 0 Å². The molecule has 0 radical (unpaired) electrons. The van der Waals surface area contributed by atoms with Crippen molar-refractivity contribution in [2.24, 2.45) is 0 Å². The first-order valence-corrected chi connectivity index (χ1v) is 7.96. The molecule has 0 spiro atoms. The van der Waals surface area contributed by atoms with Gasteiger partial charge < -0.3 is 4.89 Å². The molecule has 0 fully saturated rings. The summed E-state index contributed by atoms with van der Waals surface area (Å²) >= 11 is 0. The van der Waals surface area contributed by atoms with Crippen LogP contribution < -0.4 is 0 Å². The molecule has 1 unspecified atom stereocenters. The van der Waals surface area contributed by atoms with Crippen LogP contribution in [0.15, 0.2) is 0 Å². The van der Waals surface area contributed by atoms with E-state index in [0.717, 1.165) is 32.1 Å². The highest BCUT2D eigenvalue weighted by molar-refractivity contribution is 7.57. The average Bonchev–Trinajstić information content (AvgIpc) is 2.13. The molecule has 0 amide bonds. The van der Waals surface area contributed by atoms with Crippen molar-refractivity contribution in [2.75, 3.05) is 12.3 Å². The van der Waals surface area contributed by atoms with E-state index in [1.807, 2.05) is 0 Å². The van der Waals surface area contributed by atoms with E-state index in [2.05, 4.69) is 13.8 Å². The summed E-state index contributed by atoms with van der Waals surface area (Å²) in [5.74, 6) is 0. The fourth-order valence-electron chi connectivity index (χ4n) is 1.51. The molecule has 0 bridgehead atoms. The van der Waals surface area contributed by atoms with Crippen LogP contribution in [0.5, 0.6) is 0 Å². The third-order valence-electron chi connectivity index (χ3n) is 2.47. The standard InChI is InChI=1S/C11H25O2P/c1-3-5-7-9-11-14(12,13)10-8-6-4-2/h3-11H2,1-2H3,(H,12,13). The Labute approximate surface area is 88.6 Å². The summed E-state index contributed by atoms with van der Waals surface area (Å²) < 4.78 is 11.6. The van der Waals surface area contributed by atoms with E-state index in [1.165, 1.54) is 12.8 Å². The van der Waals surface area contributed by atoms with Crippen LogP contribution in [0.1, 0.15) is 58.8 Å². The van der Waals surface area contributed by atoms with Crippen LogP contribution in [-0.4, -0.2) is 17.2 Å². The highest BCUT2D eigenvalue weighted by Gasteiger charge is 2.16. The molecule has 86 valence electrons. The molecule has 2 nitrogen and oxygen atoms in total. The molecule has 1 N–H and O–H groups in total. The molecule has 0 aliphatic rings. The minimum absolute atomic E-state index is 0.535. The van der Waals surface area contributed by atoms with Gasteiger partial charge in [-0.3, -0.25) is 4.57 Å². The number of hydrogen-bond acceptors (Lipinski definition) is 1. The fraction of sp³-hybridized carbons (Fsp3) is 1.00. The number of unbranched alkanes of at least 4 members (excludes halogenated alkanes) is 5. The second kappa shape index (κ2) is 8.49. The molecule has 0 rings (SSSR count). The molecular formula is C11H25O2P. The van der Waals surface area contributed by atoms with E-state index in [1.54, 1.807) is 0 Å². The third kappa shape index (κ3) is 8.77. The highest BCUT2D eigenvalue weighted by atomic mass is 31.2. The first kappa shape index (κ1) is 14.2. The van der Waals surface area contributed by atoms with Gasteiger partial charge in [-0.05, 0) is 12.8 Å². The number of rotatable bonds is 9. The van der Waals surface area contributed by atoms with Gasteiger partial charge in [0.25, 0.3) is 0 Å². The SMILES string of the molecule is CCCCCCP(=O)(O)CCCCC. The molecule has 0 aliphatic carbocycles. The lowest BCUT2D eigenvalue weighted by Gasteiger charge is -2.10. The largest absolute Gasteiger partial charge is 0.344 e. The molecule has 3 heteroatoms. The van der Waals surface area contributed by atoms with Gasteiger partial charge in [-0.15, -0.1) is 0 Å². The van der Waals surface area contributed by atoms with Crippen molar-refractivity contribution >= 4 is 7.37 Å². The quantitative estimate of drug-likeness (QED) is 0.470. The summed E-state index contributed by atoms with van der Waals surface area (Å²) in [7, 11) is -2.76. The molecule has 1 atom stereocenters. The van der Waals surface area contributed by atoms with Crippen molar-refractivity contribution in [3.05, 3.63) is 0 Å². The molecule has 14 heavy (non-hydrogen) atoms. The fourth-order valence-corrected chi connectivity index (χ4v) is 3.17. The lowest BCUT2D eigenvalue weighted by molar-refractivity contribution is 0.471. The van der Waals surface area contributed by atoms with Crippen LogP contribution in [0.3, 0.4) is 0 Å². The summed E-state index contributed by atoms with van der Waals surface area (Å²) in [6.45, 7) is 4.27. The molecule has 0 aromatic heterocycles. The number of hydrogen-bond donors (Lipinski definition) is 1. The van der Waals surface area contributed by atoms with Crippen LogP contribution in [0.4, 0.5) is 0 Å². The Hall–Kier alpha value is 0.190. The Bertz CT molecular complexity index is 169. The zero-order chi connectivity index (χ0) is 10.9. The lowest BCUT2D eigenvalue weighted by Crippen LogP contribution is -1.95. The van der Waals surface area contributed by atoms with E-state index in [0.29, 0.717) is 12.3 Å². The van der Waals surface area contributed by atoms with E-state index >= 15 is 0 Å². The predicted octanol–water partition coefficient (Wildman–Crippen LogP) is 4.03. The first-order chi connectivity index (χ1) is 6.62. The Kier molecular flexibility index (Phi) is 8.61. The van der Waals surface area contributed by atoms with Gasteiger partial charge >= 0.3 is 0 Å². The molecule has 0 heterocycles. The monoisotopic (exact) mass is 220 g/mol. The predicted molar refractivity (Wildman–Crippen MR) is 63.2 cm³/mol. The highest BCUT2D eigenvalue weighted by Crippen LogP contribution is 2.42. The second-order valence-electron chi connectivity index (χ2n) is 4.06. The summed E-state index contributed by atoms with van der Waals surface area (Å²) in [4.78, 5) is 9.60. The minimum Gasteiger partial charge on any atom is -0.344 e. The normalized spacial score (nSPS) is 15.4. The van der Waals surface area contributed by atoms with Gasteiger partial charge in [0.15, 0.2) is 0 Å². The van der Waals surface area contributed by atoms with Gasteiger partial charge in [0, 0.05) is 12.3 Å². The maximum Gasteiger partial charge on any atom is 0.200 e. The van der Waals surface area contributed by atoms with Gasteiger partial charge in [0.2, 0.25) is 7.37 Å². The summed E-state index contributed by atoms with van der Waals surface area (Å²) in [6.07, 6.45) is 8.60. The average molecular weight is 220 g/mol. The Balaban J connectivity index is 3.46. The first-order valence-electron chi connectivity index (χ1n) is 5.93. The zero-order valence-electron chi connectivity index (χ0n) is 9.67. The molecule has 0 saturated heterocycles. The van der Waals surface area contributed by atoms with Crippen molar-refractivity contribution in [1.82, 2.24) is 0 Å². The minimum atomic E-state index is -2.76. The summed E-state index contributed by atoms with van der Waals surface area (Å²) in [6, 6.07) is 0. The van der Waals surface area contributed by atoms with Gasteiger partial charge in [0.05, 0.1) is 0 Å². The summed E-state index contributed by atoms with van der Waals surface area (Å²) in [5, 5.41) is 0. The van der Waals surface area contributed by atoms with Gasteiger partial charge in [-0.1, -0.05) is 46.0 Å². The van der Waals surface area contributed by atoms with Crippen molar-refractivity contribution in [3.8, 4) is 0 Å². The van der Waals surface area contributed by atoms with Gasteiger partial charge in [0.1, 0.15) is 0 Å². The Morgan fingerprint density at radius 1 is 0.857 bits per heavy atom. The maximum absolute atomic E-state index is 11.6. The topological polar surface area (TPSA) is 37.3 Å². The van der Waals surface area contributed by atoms with Crippen LogP contribution in [0, 0.1) is 0 Å². The summed E-state index contributed by atoms with van der Waals surface area (Å²) in [5.41, 5.74) is 0.